The Balaban J connectivity index is 0.000000347. The molecule has 0 aliphatic heterocycles. The number of hydrogen-bond donors (Lipinski definition) is 1. The fourth-order valence-electron chi connectivity index (χ4n) is 12.7. The molecule has 9 rings (SSSR count). The van der Waals surface area contributed by atoms with Gasteiger partial charge in [0.1, 0.15) is 99.6 Å². The molecule has 0 bridgehead atoms. The van der Waals surface area contributed by atoms with Gasteiger partial charge in [-0.1, -0.05) is 87.3 Å². The SMILES string of the molecule is C.C=CCOc1ccc2c(c1)C[C@H](c1cccc(OC(=O)OC(C)(C)C)c1C)[C@@H](OC(=O)OC(C)(C)C)C2.C=CCOc1ccc2c(c1)C[C@H](c1cccc(OC(=O)OC(C)(C)C)c1C)[C@@H](OC(=O)OC(C)(C)C)C2.Cc1c(OC(=O)OC(C)(C)C)cccc1[C@H]1Cc2cc(O)ccc2C[C@@H]1OC(=O)OC(C)(C)C.[H-].[Na+]. The summed E-state index contributed by atoms with van der Waals surface area (Å²) in [7, 11) is 0. The fourth-order valence-corrected chi connectivity index (χ4v) is 12.7. The number of fused-ring (bicyclic) bond motifs is 3. The van der Waals surface area contributed by atoms with E-state index in [0.717, 1.165) is 78.3 Å². The number of rotatable bonds is 15. The Morgan fingerprint density at radius 2 is 0.627 bits per heavy atom. The van der Waals surface area contributed by atoms with E-state index in [1.807, 2.05) is 93.6 Å². The molecule has 6 atom stereocenters. The van der Waals surface area contributed by atoms with Crippen LogP contribution >= 0.6 is 0 Å². The molecule has 0 amide bonds. The first kappa shape index (κ1) is 91.4. The molecule has 6 aromatic carbocycles. The van der Waals surface area contributed by atoms with Crippen LogP contribution < -0.4 is 53.2 Å². The molecule has 1 N–H and O–H groups in total. The molecule has 594 valence electrons. The van der Waals surface area contributed by atoms with Gasteiger partial charge in [0.15, 0.2) is 0 Å². The van der Waals surface area contributed by atoms with Gasteiger partial charge < -0.3 is 72.8 Å². The first-order valence-corrected chi connectivity index (χ1v) is 36.4. The van der Waals surface area contributed by atoms with Gasteiger partial charge in [-0.2, -0.15) is 0 Å². The van der Waals surface area contributed by atoms with Crippen molar-refractivity contribution in [3.63, 3.8) is 0 Å². The third-order valence-electron chi connectivity index (χ3n) is 17.0. The molecule has 0 spiro atoms. The van der Waals surface area contributed by atoms with Crippen LogP contribution in [0.4, 0.5) is 28.8 Å². The van der Waals surface area contributed by atoms with E-state index < -0.39 is 88.9 Å². The van der Waals surface area contributed by atoms with Crippen molar-refractivity contribution >= 4 is 36.9 Å². The van der Waals surface area contributed by atoms with Crippen LogP contribution in [-0.2, 0) is 81.2 Å². The number of carbonyl (C=O) groups excluding carboxylic acids is 6. The minimum atomic E-state index is -0.784. The Hall–Kier alpha value is -9.18. The normalized spacial score (nSPS) is 17.2. The summed E-state index contributed by atoms with van der Waals surface area (Å²) in [6, 6.07) is 33.6. The fraction of sp³-hybridized carbons (Fsp3) is 0.477. The van der Waals surface area contributed by atoms with Gasteiger partial charge in [0.25, 0.3) is 0 Å². The number of hydrogen-bond acceptors (Lipinski definition) is 21. The zero-order valence-corrected chi connectivity index (χ0v) is 69.7. The molecule has 110 heavy (non-hydrogen) atoms. The van der Waals surface area contributed by atoms with Crippen LogP contribution in [-0.4, -0.2) is 107 Å². The van der Waals surface area contributed by atoms with Crippen LogP contribution in [0.1, 0.15) is 218 Å². The molecule has 22 heteroatoms. The Bertz CT molecular complexity index is 4020. The summed E-state index contributed by atoms with van der Waals surface area (Å²) in [5.41, 5.74) is 7.31. The Morgan fingerprint density at radius 3 is 0.891 bits per heavy atom. The third kappa shape index (κ3) is 28.6. The van der Waals surface area contributed by atoms with Crippen LogP contribution in [0.25, 0.3) is 0 Å². The molecule has 6 aromatic rings. The van der Waals surface area contributed by atoms with Crippen LogP contribution in [0.3, 0.4) is 0 Å². The Labute approximate surface area is 674 Å². The zero-order valence-electron chi connectivity index (χ0n) is 68.7. The van der Waals surface area contributed by atoms with Gasteiger partial charge in [-0.05, 0) is 286 Å². The van der Waals surface area contributed by atoms with Crippen molar-refractivity contribution < 1.29 is 131 Å². The van der Waals surface area contributed by atoms with E-state index in [0.29, 0.717) is 69.0 Å². The first-order valence-electron chi connectivity index (χ1n) is 36.4. The van der Waals surface area contributed by atoms with Crippen molar-refractivity contribution in [2.75, 3.05) is 13.2 Å². The Morgan fingerprint density at radius 1 is 0.373 bits per heavy atom. The van der Waals surface area contributed by atoms with Crippen molar-refractivity contribution in [2.24, 2.45) is 0 Å². The molecule has 0 saturated heterocycles. The maximum absolute atomic E-state index is 12.7. The van der Waals surface area contributed by atoms with E-state index in [1.165, 1.54) is 0 Å². The third-order valence-corrected chi connectivity index (χ3v) is 17.0. The second-order valence-corrected chi connectivity index (χ2v) is 33.0. The van der Waals surface area contributed by atoms with E-state index in [9.17, 15) is 33.9 Å². The van der Waals surface area contributed by atoms with Crippen molar-refractivity contribution in [3.05, 3.63) is 201 Å². The number of carbonyl (C=O) groups is 6. The van der Waals surface area contributed by atoms with Crippen molar-refractivity contribution in [3.8, 4) is 34.5 Å². The molecule has 21 nitrogen and oxygen atoms in total. The van der Waals surface area contributed by atoms with Gasteiger partial charge in [0.2, 0.25) is 0 Å². The average molecular weight is 1530 g/mol. The molecule has 3 aliphatic rings. The van der Waals surface area contributed by atoms with E-state index in [4.69, 9.17) is 66.3 Å². The molecule has 0 saturated carbocycles. The number of benzene rings is 6. The van der Waals surface area contributed by atoms with Gasteiger partial charge in [-0.15, -0.1) is 0 Å². The van der Waals surface area contributed by atoms with Crippen LogP contribution in [0.2, 0.25) is 0 Å². The van der Waals surface area contributed by atoms with Crippen molar-refractivity contribution in [2.45, 2.75) is 261 Å². The monoisotopic (exact) mass is 1530 g/mol. The van der Waals surface area contributed by atoms with Gasteiger partial charge in [-0.3, -0.25) is 0 Å². The number of aromatic hydroxyl groups is 1. The van der Waals surface area contributed by atoms with Crippen LogP contribution in [0.5, 0.6) is 34.5 Å². The average Bonchev–Trinajstić information content (AvgIpc) is 0.787. The minimum absolute atomic E-state index is 0. The second-order valence-electron chi connectivity index (χ2n) is 33.0. The number of phenols is 1. The molecular weight excluding hydrogens is 1420 g/mol. The molecule has 3 aliphatic carbocycles. The van der Waals surface area contributed by atoms with E-state index in [-0.39, 0.29) is 61.9 Å². The van der Waals surface area contributed by atoms with Gasteiger partial charge in [0.05, 0.1) is 0 Å². The molecule has 0 fully saturated rings. The van der Waals surface area contributed by atoms with E-state index in [2.05, 4.69) is 13.2 Å². The molecule has 0 aromatic heterocycles. The summed E-state index contributed by atoms with van der Waals surface area (Å²) in [5.74, 6) is 2.24. The molecule has 0 unspecified atom stereocenters. The van der Waals surface area contributed by atoms with Crippen molar-refractivity contribution in [1.82, 2.24) is 0 Å². The minimum Gasteiger partial charge on any atom is -1.00 e. The second kappa shape index (κ2) is 38.6. The predicted molar refractivity (Wildman–Crippen MR) is 418 cm³/mol. The topological polar surface area (TPSA) is 252 Å². The largest absolute Gasteiger partial charge is 1.00 e. The van der Waals surface area contributed by atoms with Crippen LogP contribution in [0, 0.1) is 20.8 Å². The standard InChI is InChI=1S/2C30H38O7.C27H34O7.CH4.Na.H/c2*1-9-15-33-22-14-13-20-18-26(35-28(32)37-30(6,7)8)24(17-21(20)16-22)23-11-10-12-25(19(23)2)34-27(31)36-29(3,4)5;1-16-20(9-8-10-22(16)31-24(29)33-26(2,3)4)21-14-18-13-19(28)12-11-17(18)15-23(21)32-25(30)34-27(5,6)7;;;/h2*9-14,16,24,26H,1,15,17-18H2,2-8H3;8-13,21,23,28H,14-15H2,1-7H3;1H4;;/q;;;;+1;-1/t2*24-,26+;21-,23+;;;/m111.../s1. The summed E-state index contributed by atoms with van der Waals surface area (Å²) < 4.78 is 77.9. The zero-order chi connectivity index (χ0) is 80.0. The predicted octanol–water partition coefficient (Wildman–Crippen LogP) is 18.1. The van der Waals surface area contributed by atoms with E-state index >= 15 is 0 Å². The number of ether oxygens (including phenoxy) is 14. The maximum Gasteiger partial charge on any atom is 1.00 e. The van der Waals surface area contributed by atoms with Gasteiger partial charge in [-0.25, -0.2) is 28.8 Å². The van der Waals surface area contributed by atoms with Gasteiger partial charge in [0, 0.05) is 37.0 Å². The summed E-state index contributed by atoms with van der Waals surface area (Å²) in [6.07, 6.45) is 0.703. The van der Waals surface area contributed by atoms with E-state index in [1.54, 1.807) is 173 Å². The number of phenolic OH excluding ortho intramolecular Hbond substituents is 1. The maximum atomic E-state index is 12.7. The van der Waals surface area contributed by atoms with Crippen LogP contribution in [0.15, 0.2) is 135 Å². The smallest absolute Gasteiger partial charge is 1.00 e. The summed E-state index contributed by atoms with van der Waals surface area (Å²) in [6.45, 7) is 46.0. The molecule has 0 heterocycles. The summed E-state index contributed by atoms with van der Waals surface area (Å²) >= 11 is 0. The quantitative estimate of drug-likeness (QED) is 0.0330. The summed E-state index contributed by atoms with van der Waals surface area (Å²) in [4.78, 5) is 74.8. The Kier molecular flexibility index (Phi) is 32.1. The first-order chi connectivity index (χ1) is 50.2. The van der Waals surface area contributed by atoms with Crippen molar-refractivity contribution in [1.29, 1.82) is 0 Å². The van der Waals surface area contributed by atoms with Gasteiger partial charge >= 0.3 is 66.5 Å². The molecule has 0 radical (unpaired) electrons. The molecular formula is C88H115NaO21. The summed E-state index contributed by atoms with van der Waals surface area (Å²) in [5, 5.41) is 10.00.